The Balaban J connectivity index is -0.000000398. The molecule has 0 amide bonds. The number of rotatable bonds is 2. The maximum atomic E-state index is 10.5. The molecular weight excluding hydrogens is 443 g/mol. The summed E-state index contributed by atoms with van der Waals surface area (Å²) >= 11 is 0. The van der Waals surface area contributed by atoms with Crippen molar-refractivity contribution in [1.82, 2.24) is 35.6 Å². The van der Waals surface area contributed by atoms with Crippen molar-refractivity contribution in [1.29, 1.82) is 0 Å². The molecule has 0 aliphatic rings. The SMILES string of the molecule is O.O.O=C([O-])c1ccc[n+]2nn[n-]c12.O=C([O-])c1cccn2nnnc12.[Co+2].[OH3+].[OH3+]. The molecule has 0 fully saturated rings. The minimum atomic E-state index is -1.28. The molecule has 0 aliphatic carbocycles. The topological polar surface area (TPSA) is 296 Å². The molecule has 4 heterocycles. The van der Waals surface area contributed by atoms with E-state index in [1.807, 2.05) is 0 Å². The smallest absolute Gasteiger partial charge is 0.545 e. The van der Waals surface area contributed by atoms with Crippen LogP contribution in [0.4, 0.5) is 0 Å². The molecule has 4 aromatic rings. The predicted molar refractivity (Wildman–Crippen MR) is 84.9 cm³/mol. The van der Waals surface area contributed by atoms with Crippen LogP contribution in [0.3, 0.4) is 0 Å². The molecule has 17 heteroatoms. The molecule has 0 spiro atoms. The monoisotopic (exact) mass is 459 g/mol. The van der Waals surface area contributed by atoms with E-state index in [-0.39, 0.29) is 61.1 Å². The summed E-state index contributed by atoms with van der Waals surface area (Å²) in [7, 11) is 0. The standard InChI is InChI=1S/2C6H4N4O2.Co.4H2O/c2*11-6(12)4-2-1-3-10-5(4)7-8-9-10;;;;;/h2*1-3H,(H,11,12);;4*1H2/q;;+2;;;;. The Hall–Kier alpha value is -3.61. The van der Waals surface area contributed by atoms with Gasteiger partial charge in [0.15, 0.2) is 11.3 Å². The van der Waals surface area contributed by atoms with Gasteiger partial charge in [-0.05, 0) is 45.1 Å². The van der Waals surface area contributed by atoms with Crippen molar-refractivity contribution in [2.45, 2.75) is 0 Å². The van der Waals surface area contributed by atoms with E-state index in [1.165, 1.54) is 33.3 Å². The second-order valence-corrected chi connectivity index (χ2v) is 4.31. The fourth-order valence-corrected chi connectivity index (χ4v) is 1.85. The summed E-state index contributed by atoms with van der Waals surface area (Å²) in [4.78, 5) is 21.0. The molecule has 0 saturated heterocycles. The molecule has 0 bridgehead atoms. The van der Waals surface area contributed by atoms with Gasteiger partial charge in [-0.25, -0.2) is 0 Å². The zero-order valence-corrected chi connectivity index (χ0v) is 15.2. The van der Waals surface area contributed by atoms with Crippen LogP contribution in [0.5, 0.6) is 0 Å². The van der Waals surface area contributed by atoms with Crippen molar-refractivity contribution < 1.29 is 63.0 Å². The molecule has 4 aromatic heterocycles. The average Bonchev–Trinajstić information content (AvgIpc) is 3.23. The van der Waals surface area contributed by atoms with Crippen LogP contribution in [0.25, 0.3) is 11.3 Å². The van der Waals surface area contributed by atoms with Gasteiger partial charge in [-0.3, -0.25) is 0 Å². The van der Waals surface area contributed by atoms with E-state index in [0.29, 0.717) is 0 Å². The quantitative estimate of drug-likeness (QED) is 0.201. The maximum Gasteiger partial charge on any atom is 2.00 e. The van der Waals surface area contributed by atoms with Gasteiger partial charge in [0.25, 0.3) is 0 Å². The van der Waals surface area contributed by atoms with Crippen molar-refractivity contribution >= 4 is 23.2 Å². The summed E-state index contributed by atoms with van der Waals surface area (Å²) < 4.78 is 2.54. The van der Waals surface area contributed by atoms with Gasteiger partial charge >= 0.3 is 16.8 Å². The summed E-state index contributed by atoms with van der Waals surface area (Å²) in [6.45, 7) is 0. The number of pyridine rings is 2. The van der Waals surface area contributed by atoms with E-state index in [2.05, 4.69) is 31.1 Å². The minimum Gasteiger partial charge on any atom is -0.545 e. The van der Waals surface area contributed by atoms with Gasteiger partial charge in [-0.1, -0.05) is 0 Å². The van der Waals surface area contributed by atoms with Crippen molar-refractivity contribution in [3.8, 4) is 0 Å². The van der Waals surface area contributed by atoms with Crippen molar-refractivity contribution in [2.24, 2.45) is 0 Å². The minimum absolute atomic E-state index is 0. The molecule has 0 aromatic carbocycles. The number of carboxylic acid groups (broad SMARTS) is 2. The van der Waals surface area contributed by atoms with Gasteiger partial charge in [0.1, 0.15) is 0 Å². The predicted octanol–water partition coefficient (Wildman–Crippen LogP) is -7.47. The number of tetrazole rings is 2. The largest absolute Gasteiger partial charge is 2.00 e. The van der Waals surface area contributed by atoms with Crippen LogP contribution in [0.2, 0.25) is 0 Å². The van der Waals surface area contributed by atoms with Crippen LogP contribution < -0.4 is 19.8 Å². The van der Waals surface area contributed by atoms with Gasteiger partial charge in [0.2, 0.25) is 0 Å². The third kappa shape index (κ3) is 6.20. The Morgan fingerprint density at radius 3 is 2.28 bits per heavy atom. The normalized spacial score (nSPS) is 8.55. The third-order valence-corrected chi connectivity index (χ3v) is 2.89. The van der Waals surface area contributed by atoms with Crippen LogP contribution in [0, 0.1) is 0 Å². The number of carbonyl (C=O) groups is 2. The zero-order valence-electron chi connectivity index (χ0n) is 14.2. The first-order valence-electron chi connectivity index (χ1n) is 6.34. The fourth-order valence-electron chi connectivity index (χ4n) is 1.85. The van der Waals surface area contributed by atoms with Gasteiger partial charge in [0, 0.05) is 23.5 Å². The van der Waals surface area contributed by atoms with Gasteiger partial charge < -0.3 is 41.7 Å². The van der Waals surface area contributed by atoms with Gasteiger partial charge in [-0.15, -0.1) is 10.2 Å². The van der Waals surface area contributed by atoms with E-state index in [1.54, 1.807) is 12.4 Å². The van der Waals surface area contributed by atoms with Crippen molar-refractivity contribution in [3.05, 3.63) is 47.8 Å². The van der Waals surface area contributed by atoms with Crippen LogP contribution >= 0.6 is 0 Å². The van der Waals surface area contributed by atoms with Crippen molar-refractivity contribution in [3.63, 3.8) is 0 Å². The summed E-state index contributed by atoms with van der Waals surface area (Å²) in [6.07, 6.45) is 3.11. The second kappa shape index (κ2) is 12.7. The maximum absolute atomic E-state index is 10.5. The van der Waals surface area contributed by atoms with Crippen LogP contribution in [0.1, 0.15) is 20.7 Å². The fraction of sp³-hybridized carbons (Fsp3) is 0. The molecule has 4 rings (SSSR count). The van der Waals surface area contributed by atoms with E-state index in [4.69, 9.17) is 0 Å². The molecule has 10 N–H and O–H groups in total. The first-order chi connectivity index (χ1) is 11.6. The molecule has 0 atom stereocenters. The molecule has 1 radical (unpaired) electrons. The average molecular weight is 459 g/mol. The van der Waals surface area contributed by atoms with Crippen LogP contribution in [-0.2, 0) is 27.7 Å². The Bertz CT molecular complexity index is 970. The first-order valence-corrected chi connectivity index (χ1v) is 6.34. The third-order valence-electron chi connectivity index (χ3n) is 2.89. The summed E-state index contributed by atoms with van der Waals surface area (Å²) in [5.41, 5.74) is 0.361. The molecule has 0 unspecified atom stereocenters. The Morgan fingerprint density at radius 2 is 1.66 bits per heavy atom. The number of nitrogens with zero attached hydrogens (tertiary/aromatic N) is 8. The second-order valence-electron chi connectivity index (χ2n) is 4.31. The zero-order chi connectivity index (χ0) is 17.1. The Kier molecular flexibility index (Phi) is 13.2. The molecule has 0 saturated carbocycles. The van der Waals surface area contributed by atoms with E-state index in [9.17, 15) is 19.8 Å². The molecule has 29 heavy (non-hydrogen) atoms. The summed E-state index contributed by atoms with van der Waals surface area (Å²) in [5.74, 6) is -2.56. The molecule has 0 aliphatic heterocycles. The number of fused-ring (bicyclic) bond motifs is 2. The number of aromatic carboxylic acids is 2. The van der Waals surface area contributed by atoms with E-state index in [0.717, 1.165) is 0 Å². The van der Waals surface area contributed by atoms with Gasteiger partial charge in [0.05, 0.1) is 11.9 Å². The number of aromatic nitrogens is 8. The van der Waals surface area contributed by atoms with Gasteiger partial charge in [-0.2, -0.15) is 9.03 Å². The summed E-state index contributed by atoms with van der Waals surface area (Å²) in [5, 5.41) is 41.7. The van der Waals surface area contributed by atoms with Crippen LogP contribution in [-0.4, -0.2) is 53.4 Å². The number of hydrogen-bond donors (Lipinski definition) is 0. The van der Waals surface area contributed by atoms with E-state index >= 15 is 0 Å². The Labute approximate surface area is 170 Å². The number of carbonyl (C=O) groups excluding carboxylic acids is 2. The van der Waals surface area contributed by atoms with E-state index < -0.39 is 11.9 Å². The molecular formula is C12H16CoN8O8+2. The molecule has 16 nitrogen and oxygen atoms in total. The van der Waals surface area contributed by atoms with Crippen LogP contribution in [0.15, 0.2) is 36.7 Å². The number of carboxylic acids is 2. The summed E-state index contributed by atoms with van der Waals surface area (Å²) in [6, 6.07) is 5.85. The Morgan fingerprint density at radius 1 is 1.03 bits per heavy atom. The first kappa shape index (κ1) is 30.1. The number of hydrogen-bond acceptors (Lipinski definition) is 9. The van der Waals surface area contributed by atoms with Crippen molar-refractivity contribution in [2.75, 3.05) is 0 Å². The molecule has 159 valence electrons.